The Labute approximate surface area is 144 Å². The second-order valence-corrected chi connectivity index (χ2v) is 9.68. The highest BCUT2D eigenvalue weighted by molar-refractivity contribution is 9.12. The van der Waals surface area contributed by atoms with Gasteiger partial charge in [0.05, 0.1) is 0 Å². The van der Waals surface area contributed by atoms with Crippen LogP contribution in [0.5, 0.6) is 0 Å². The minimum atomic E-state index is -0.206. The van der Waals surface area contributed by atoms with E-state index in [0.29, 0.717) is 10.7 Å². The standard InChI is InChI=1S/C17H23Br2NO/c1-16(2,13-9-10-17(3,19)14(18)11-13)20-15(21)12-7-5-4-6-8-12/h4-8,13-14H,9-11H2,1-3H3,(H,20,21). The van der Waals surface area contributed by atoms with Gasteiger partial charge < -0.3 is 5.32 Å². The Bertz CT molecular complexity index is 499. The van der Waals surface area contributed by atoms with Crippen molar-refractivity contribution in [2.45, 2.75) is 54.7 Å². The Kier molecular flexibility index (Phi) is 5.19. The molecule has 3 unspecified atom stereocenters. The molecule has 0 aliphatic heterocycles. The number of amides is 1. The summed E-state index contributed by atoms with van der Waals surface area (Å²) in [4.78, 5) is 12.8. The van der Waals surface area contributed by atoms with E-state index in [1.54, 1.807) is 0 Å². The molecular formula is C17H23Br2NO. The molecule has 0 saturated heterocycles. The van der Waals surface area contributed by atoms with E-state index < -0.39 is 0 Å². The van der Waals surface area contributed by atoms with Crippen LogP contribution in [0.3, 0.4) is 0 Å². The summed E-state index contributed by atoms with van der Waals surface area (Å²) < 4.78 is 0.156. The molecule has 0 spiro atoms. The zero-order chi connectivity index (χ0) is 15.7. The van der Waals surface area contributed by atoms with Crippen molar-refractivity contribution < 1.29 is 4.79 Å². The molecule has 0 heterocycles. The van der Waals surface area contributed by atoms with Gasteiger partial charge >= 0.3 is 0 Å². The number of carbonyl (C=O) groups excluding carboxylic acids is 1. The lowest BCUT2D eigenvalue weighted by Gasteiger charge is -2.44. The first-order valence-corrected chi connectivity index (χ1v) is 9.14. The first-order chi connectivity index (χ1) is 9.72. The maximum absolute atomic E-state index is 12.4. The van der Waals surface area contributed by atoms with E-state index in [4.69, 9.17) is 0 Å². The Morgan fingerprint density at radius 1 is 1.33 bits per heavy atom. The van der Waals surface area contributed by atoms with Gasteiger partial charge in [-0.2, -0.15) is 0 Å². The summed E-state index contributed by atoms with van der Waals surface area (Å²) in [7, 11) is 0. The van der Waals surface area contributed by atoms with Crippen molar-refractivity contribution >= 4 is 37.8 Å². The molecule has 116 valence electrons. The van der Waals surface area contributed by atoms with Crippen molar-refractivity contribution in [3.05, 3.63) is 35.9 Å². The maximum atomic E-state index is 12.4. The third kappa shape index (κ3) is 4.10. The van der Waals surface area contributed by atoms with Crippen molar-refractivity contribution in [1.82, 2.24) is 5.32 Å². The highest BCUT2D eigenvalue weighted by Crippen LogP contribution is 2.45. The molecule has 3 atom stereocenters. The highest BCUT2D eigenvalue weighted by atomic mass is 79.9. The van der Waals surface area contributed by atoms with Crippen LogP contribution < -0.4 is 5.32 Å². The predicted molar refractivity (Wildman–Crippen MR) is 95.4 cm³/mol. The fourth-order valence-corrected chi connectivity index (χ4v) is 4.03. The van der Waals surface area contributed by atoms with Gasteiger partial charge in [0.25, 0.3) is 5.91 Å². The zero-order valence-corrected chi connectivity index (χ0v) is 16.0. The molecule has 4 heteroatoms. The number of halogens is 2. The number of benzene rings is 1. The Morgan fingerprint density at radius 2 is 1.95 bits per heavy atom. The van der Waals surface area contributed by atoms with E-state index in [2.05, 4.69) is 57.9 Å². The Hall–Kier alpha value is -0.350. The van der Waals surface area contributed by atoms with Crippen LogP contribution in [0.4, 0.5) is 0 Å². The van der Waals surface area contributed by atoms with Crippen LogP contribution in [0, 0.1) is 5.92 Å². The quantitative estimate of drug-likeness (QED) is 0.696. The third-order valence-corrected chi connectivity index (χ3v) is 7.57. The minimum absolute atomic E-state index is 0.0129. The topological polar surface area (TPSA) is 29.1 Å². The Balaban J connectivity index is 2.04. The van der Waals surface area contributed by atoms with Crippen molar-refractivity contribution in [2.75, 3.05) is 0 Å². The van der Waals surface area contributed by atoms with Gasteiger partial charge in [0, 0.05) is 20.3 Å². The summed E-state index contributed by atoms with van der Waals surface area (Å²) in [5.41, 5.74) is 0.518. The monoisotopic (exact) mass is 415 g/mol. The van der Waals surface area contributed by atoms with E-state index in [9.17, 15) is 4.79 Å². The average molecular weight is 417 g/mol. The van der Waals surface area contributed by atoms with Gasteiger partial charge in [0.15, 0.2) is 0 Å². The molecular weight excluding hydrogens is 394 g/mol. The molecule has 0 aromatic heterocycles. The van der Waals surface area contributed by atoms with Crippen LogP contribution >= 0.6 is 31.9 Å². The molecule has 1 fully saturated rings. The van der Waals surface area contributed by atoms with Gasteiger partial charge in [0.1, 0.15) is 0 Å². The van der Waals surface area contributed by atoms with Crippen LogP contribution in [0.1, 0.15) is 50.4 Å². The van der Waals surface area contributed by atoms with Crippen molar-refractivity contribution in [3.8, 4) is 0 Å². The van der Waals surface area contributed by atoms with Crippen LogP contribution in [0.25, 0.3) is 0 Å². The van der Waals surface area contributed by atoms with E-state index in [-0.39, 0.29) is 15.8 Å². The molecule has 21 heavy (non-hydrogen) atoms. The molecule has 1 aliphatic carbocycles. The SMILES string of the molecule is CC1(Br)CCC(C(C)(C)NC(=O)c2ccccc2)CC1Br. The van der Waals surface area contributed by atoms with Crippen LogP contribution in [-0.2, 0) is 0 Å². The van der Waals surface area contributed by atoms with E-state index >= 15 is 0 Å². The zero-order valence-electron chi connectivity index (χ0n) is 12.8. The number of rotatable bonds is 3. The predicted octanol–water partition coefficient (Wildman–Crippen LogP) is 4.91. The lowest BCUT2D eigenvalue weighted by atomic mass is 9.73. The number of hydrogen-bond donors (Lipinski definition) is 1. The van der Waals surface area contributed by atoms with Gasteiger partial charge in [0.2, 0.25) is 0 Å². The third-order valence-electron chi connectivity index (χ3n) is 4.62. The second kappa shape index (κ2) is 6.41. The first-order valence-electron chi connectivity index (χ1n) is 7.43. The average Bonchev–Trinajstić information content (AvgIpc) is 2.42. The molecule has 2 rings (SSSR count). The molecule has 1 saturated carbocycles. The summed E-state index contributed by atoms with van der Waals surface area (Å²) in [5.74, 6) is 0.485. The summed E-state index contributed by atoms with van der Waals surface area (Å²) >= 11 is 7.60. The highest BCUT2D eigenvalue weighted by Gasteiger charge is 2.42. The molecule has 1 aliphatic rings. The van der Waals surface area contributed by atoms with Crippen molar-refractivity contribution in [3.63, 3.8) is 0 Å². The normalized spacial score (nSPS) is 30.0. The Morgan fingerprint density at radius 3 is 2.52 bits per heavy atom. The van der Waals surface area contributed by atoms with Gasteiger partial charge in [-0.15, -0.1) is 0 Å². The number of alkyl halides is 2. The van der Waals surface area contributed by atoms with Crippen LogP contribution in [0.15, 0.2) is 30.3 Å². The van der Waals surface area contributed by atoms with Gasteiger partial charge in [-0.25, -0.2) is 0 Å². The van der Waals surface area contributed by atoms with E-state index in [1.165, 1.54) is 0 Å². The molecule has 0 radical (unpaired) electrons. The van der Waals surface area contributed by atoms with Crippen molar-refractivity contribution in [1.29, 1.82) is 0 Å². The van der Waals surface area contributed by atoms with Gasteiger partial charge in [-0.05, 0) is 58.1 Å². The molecule has 1 aromatic rings. The van der Waals surface area contributed by atoms with Crippen LogP contribution in [-0.4, -0.2) is 20.6 Å². The number of hydrogen-bond acceptors (Lipinski definition) is 1. The van der Waals surface area contributed by atoms with E-state index in [1.807, 2.05) is 30.3 Å². The largest absolute Gasteiger partial charge is 0.347 e. The molecule has 0 bridgehead atoms. The summed E-state index contributed by atoms with van der Waals surface area (Å²) in [6.07, 6.45) is 3.29. The number of nitrogens with one attached hydrogen (secondary N) is 1. The lowest BCUT2D eigenvalue weighted by Crippen LogP contribution is -2.52. The lowest BCUT2D eigenvalue weighted by molar-refractivity contribution is 0.0856. The minimum Gasteiger partial charge on any atom is -0.347 e. The van der Waals surface area contributed by atoms with Crippen LogP contribution in [0.2, 0.25) is 0 Å². The molecule has 1 aromatic carbocycles. The molecule has 1 N–H and O–H groups in total. The van der Waals surface area contributed by atoms with Crippen molar-refractivity contribution in [2.24, 2.45) is 5.92 Å². The summed E-state index contributed by atoms with van der Waals surface area (Å²) in [6.45, 7) is 6.50. The number of carbonyl (C=O) groups is 1. The summed E-state index contributed by atoms with van der Waals surface area (Å²) in [6, 6.07) is 9.43. The fourth-order valence-electron chi connectivity index (χ4n) is 2.94. The van der Waals surface area contributed by atoms with Gasteiger partial charge in [-0.1, -0.05) is 50.1 Å². The fraction of sp³-hybridized carbons (Fsp3) is 0.588. The van der Waals surface area contributed by atoms with Gasteiger partial charge in [-0.3, -0.25) is 4.79 Å². The second-order valence-electron chi connectivity index (χ2n) is 6.76. The molecule has 1 amide bonds. The smallest absolute Gasteiger partial charge is 0.251 e. The maximum Gasteiger partial charge on any atom is 0.251 e. The molecule has 2 nitrogen and oxygen atoms in total. The van der Waals surface area contributed by atoms with E-state index in [0.717, 1.165) is 24.8 Å². The summed E-state index contributed by atoms with van der Waals surface area (Å²) in [5, 5.41) is 3.22. The first kappa shape index (κ1) is 17.0.